The van der Waals surface area contributed by atoms with Gasteiger partial charge in [-0.3, -0.25) is 0 Å². The van der Waals surface area contributed by atoms with Gasteiger partial charge in [0.1, 0.15) is 12.6 Å². The SMILES string of the molecule is O=C[C@@H]1C[C@H](C=O)[C@H](COC(=O)c2ccccc2)[C@@H]1COC(=O)c1ccccc1. The molecule has 0 radical (unpaired) electrons. The van der Waals surface area contributed by atoms with Crippen LogP contribution in [0.15, 0.2) is 60.7 Å². The Balaban J connectivity index is 1.66. The molecule has 6 nitrogen and oxygen atoms in total. The van der Waals surface area contributed by atoms with E-state index in [2.05, 4.69) is 0 Å². The molecule has 2 aromatic carbocycles. The number of rotatable bonds is 8. The third-order valence-electron chi connectivity index (χ3n) is 5.38. The van der Waals surface area contributed by atoms with Crippen LogP contribution in [-0.4, -0.2) is 37.7 Å². The van der Waals surface area contributed by atoms with Crippen LogP contribution in [0.3, 0.4) is 0 Å². The molecule has 0 bridgehead atoms. The molecule has 150 valence electrons. The van der Waals surface area contributed by atoms with Crippen molar-refractivity contribution in [2.24, 2.45) is 23.7 Å². The Hall–Kier alpha value is -3.28. The third kappa shape index (κ3) is 4.96. The van der Waals surface area contributed by atoms with Crippen LogP contribution < -0.4 is 0 Å². The number of hydrogen-bond donors (Lipinski definition) is 0. The highest BCUT2D eigenvalue weighted by atomic mass is 16.5. The minimum atomic E-state index is -0.496. The molecule has 1 fully saturated rings. The van der Waals surface area contributed by atoms with Crippen LogP contribution in [0.4, 0.5) is 0 Å². The number of carbonyl (C=O) groups is 4. The fraction of sp³-hybridized carbons (Fsp3) is 0.304. The predicted molar refractivity (Wildman–Crippen MR) is 104 cm³/mol. The number of benzene rings is 2. The highest BCUT2D eigenvalue weighted by Gasteiger charge is 2.44. The molecular weight excluding hydrogens is 372 g/mol. The topological polar surface area (TPSA) is 86.7 Å². The average Bonchev–Trinajstić information content (AvgIpc) is 3.13. The second kappa shape index (κ2) is 9.78. The summed E-state index contributed by atoms with van der Waals surface area (Å²) < 4.78 is 10.8. The van der Waals surface area contributed by atoms with Crippen LogP contribution in [0.1, 0.15) is 27.1 Å². The first kappa shape index (κ1) is 20.5. The summed E-state index contributed by atoms with van der Waals surface area (Å²) in [5, 5.41) is 0. The average molecular weight is 394 g/mol. The molecule has 29 heavy (non-hydrogen) atoms. The summed E-state index contributed by atoms with van der Waals surface area (Å²) in [6.45, 7) is -0.0376. The molecule has 3 rings (SSSR count). The standard InChI is InChI=1S/C23H22O6/c24-12-18-11-19(13-25)21(15-29-23(27)17-9-5-2-6-10-17)20(18)14-28-22(26)16-7-3-1-4-8-16/h1-10,12-13,18-21H,11,14-15H2/t18-,19+,20+,21-. The zero-order valence-electron chi connectivity index (χ0n) is 15.8. The molecule has 2 aromatic rings. The molecule has 0 amide bonds. The van der Waals surface area contributed by atoms with Gasteiger partial charge in [-0.2, -0.15) is 0 Å². The van der Waals surface area contributed by atoms with E-state index in [1.807, 2.05) is 0 Å². The van der Waals surface area contributed by atoms with Crippen molar-refractivity contribution in [1.29, 1.82) is 0 Å². The van der Waals surface area contributed by atoms with Crippen molar-refractivity contribution in [1.82, 2.24) is 0 Å². The lowest BCUT2D eigenvalue weighted by Gasteiger charge is -2.23. The molecule has 1 saturated carbocycles. The van der Waals surface area contributed by atoms with Crippen LogP contribution in [0.2, 0.25) is 0 Å². The summed E-state index contributed by atoms with van der Waals surface area (Å²) in [7, 11) is 0. The van der Waals surface area contributed by atoms with Crippen LogP contribution in [0.5, 0.6) is 0 Å². The minimum Gasteiger partial charge on any atom is -0.462 e. The summed E-state index contributed by atoms with van der Waals surface area (Å²) in [6, 6.07) is 17.1. The smallest absolute Gasteiger partial charge is 0.338 e. The van der Waals surface area contributed by atoms with Gasteiger partial charge in [0.25, 0.3) is 0 Å². The van der Waals surface area contributed by atoms with Crippen molar-refractivity contribution in [3.63, 3.8) is 0 Å². The maximum absolute atomic E-state index is 12.2. The third-order valence-corrected chi connectivity index (χ3v) is 5.38. The van der Waals surface area contributed by atoms with E-state index in [0.717, 1.165) is 12.6 Å². The molecular formula is C23H22O6. The molecule has 4 atom stereocenters. The Morgan fingerprint density at radius 2 is 1.10 bits per heavy atom. The van der Waals surface area contributed by atoms with Crippen molar-refractivity contribution in [3.05, 3.63) is 71.8 Å². The lowest BCUT2D eigenvalue weighted by atomic mass is 9.89. The molecule has 0 spiro atoms. The van der Waals surface area contributed by atoms with Gasteiger partial charge in [0, 0.05) is 23.7 Å². The van der Waals surface area contributed by atoms with E-state index in [4.69, 9.17) is 9.47 Å². The quantitative estimate of drug-likeness (QED) is 0.505. The summed E-state index contributed by atoms with van der Waals surface area (Å²) in [6.07, 6.45) is 1.93. The Labute approximate surface area is 168 Å². The van der Waals surface area contributed by atoms with E-state index >= 15 is 0 Å². The molecule has 0 saturated heterocycles. The van der Waals surface area contributed by atoms with Gasteiger partial charge in [0.2, 0.25) is 0 Å². The Kier molecular flexibility index (Phi) is 6.89. The normalized spacial score (nSPS) is 23.2. The lowest BCUT2D eigenvalue weighted by Crippen LogP contribution is -2.29. The van der Waals surface area contributed by atoms with E-state index in [1.165, 1.54) is 0 Å². The first-order chi connectivity index (χ1) is 14.1. The summed E-state index contributed by atoms with van der Waals surface area (Å²) >= 11 is 0. The molecule has 1 aliphatic rings. The molecule has 0 unspecified atom stereocenters. The van der Waals surface area contributed by atoms with Gasteiger partial charge in [-0.15, -0.1) is 0 Å². The molecule has 0 aliphatic heterocycles. The maximum atomic E-state index is 12.2. The highest BCUT2D eigenvalue weighted by molar-refractivity contribution is 5.89. The molecule has 0 aromatic heterocycles. The maximum Gasteiger partial charge on any atom is 0.338 e. The first-order valence-electron chi connectivity index (χ1n) is 9.49. The predicted octanol–water partition coefficient (Wildman–Crippen LogP) is 2.97. The van der Waals surface area contributed by atoms with Gasteiger partial charge >= 0.3 is 11.9 Å². The fourth-order valence-electron chi connectivity index (χ4n) is 3.77. The summed E-state index contributed by atoms with van der Waals surface area (Å²) in [5.74, 6) is -2.64. The largest absolute Gasteiger partial charge is 0.462 e. The molecule has 0 heterocycles. The number of hydrogen-bond acceptors (Lipinski definition) is 6. The molecule has 6 heteroatoms. The van der Waals surface area contributed by atoms with Gasteiger partial charge in [-0.05, 0) is 30.7 Å². The van der Waals surface area contributed by atoms with Crippen molar-refractivity contribution >= 4 is 24.5 Å². The van der Waals surface area contributed by atoms with Gasteiger partial charge in [-0.1, -0.05) is 36.4 Å². The second-order valence-electron chi connectivity index (χ2n) is 7.09. The van der Waals surface area contributed by atoms with Crippen molar-refractivity contribution in [3.8, 4) is 0 Å². The van der Waals surface area contributed by atoms with Gasteiger partial charge < -0.3 is 19.1 Å². The summed E-state index contributed by atoms with van der Waals surface area (Å²) in [5.41, 5.74) is 0.819. The number of aldehydes is 2. The Bertz CT molecular complexity index is 777. The van der Waals surface area contributed by atoms with E-state index in [9.17, 15) is 19.2 Å². The number of ether oxygens (including phenoxy) is 2. The first-order valence-corrected chi connectivity index (χ1v) is 9.49. The van der Waals surface area contributed by atoms with Crippen LogP contribution in [-0.2, 0) is 19.1 Å². The van der Waals surface area contributed by atoms with E-state index in [-0.39, 0.29) is 25.0 Å². The Morgan fingerprint density at radius 1 is 0.724 bits per heavy atom. The monoisotopic (exact) mass is 394 g/mol. The lowest BCUT2D eigenvalue weighted by molar-refractivity contribution is -0.113. The number of carbonyl (C=O) groups excluding carboxylic acids is 4. The molecule has 0 N–H and O–H groups in total. The van der Waals surface area contributed by atoms with Gasteiger partial charge in [-0.25, -0.2) is 9.59 Å². The Morgan fingerprint density at radius 3 is 1.45 bits per heavy atom. The highest BCUT2D eigenvalue weighted by Crippen LogP contribution is 2.40. The van der Waals surface area contributed by atoms with E-state index in [0.29, 0.717) is 17.5 Å². The van der Waals surface area contributed by atoms with E-state index < -0.39 is 23.8 Å². The van der Waals surface area contributed by atoms with E-state index in [1.54, 1.807) is 60.7 Å². The van der Waals surface area contributed by atoms with Crippen molar-refractivity contribution in [2.45, 2.75) is 6.42 Å². The fourth-order valence-corrected chi connectivity index (χ4v) is 3.77. The molecule has 1 aliphatic carbocycles. The minimum absolute atomic E-state index is 0.0188. The summed E-state index contributed by atoms with van der Waals surface area (Å²) in [4.78, 5) is 47.5. The zero-order chi connectivity index (χ0) is 20.6. The zero-order valence-corrected chi connectivity index (χ0v) is 15.8. The van der Waals surface area contributed by atoms with Gasteiger partial charge in [0.05, 0.1) is 24.3 Å². The van der Waals surface area contributed by atoms with Gasteiger partial charge in [0.15, 0.2) is 0 Å². The van der Waals surface area contributed by atoms with Crippen LogP contribution in [0, 0.1) is 23.7 Å². The van der Waals surface area contributed by atoms with Crippen molar-refractivity contribution < 1.29 is 28.7 Å². The second-order valence-corrected chi connectivity index (χ2v) is 7.09. The van der Waals surface area contributed by atoms with Crippen LogP contribution in [0.25, 0.3) is 0 Å². The number of esters is 2. The van der Waals surface area contributed by atoms with Crippen LogP contribution >= 0.6 is 0 Å². The van der Waals surface area contributed by atoms with Crippen molar-refractivity contribution in [2.75, 3.05) is 13.2 Å².